The van der Waals surface area contributed by atoms with Gasteiger partial charge in [-0.15, -0.1) is 11.5 Å². The van der Waals surface area contributed by atoms with E-state index in [1.807, 2.05) is 0 Å². The summed E-state index contributed by atoms with van der Waals surface area (Å²) in [5, 5.41) is 0. The van der Waals surface area contributed by atoms with Gasteiger partial charge in [0.1, 0.15) is 0 Å². The Morgan fingerprint density at radius 2 is 1.07 bits per heavy atom. The first-order chi connectivity index (χ1) is 13.1. The Kier molecular flexibility index (Phi) is 18.2. The molecule has 0 N–H and O–H groups in total. The molecule has 0 aromatic rings. The molecule has 0 rings (SSSR count). The fraction of sp³-hybridized carbons (Fsp3) is 0.909. The van der Waals surface area contributed by atoms with Crippen LogP contribution in [0.3, 0.4) is 0 Å². The zero-order chi connectivity index (χ0) is 20.3. The van der Waals surface area contributed by atoms with Gasteiger partial charge in [0.25, 0.3) is 0 Å². The molecule has 0 amide bonds. The van der Waals surface area contributed by atoms with Crippen LogP contribution in [0.5, 0.6) is 0 Å². The fourth-order valence-corrected chi connectivity index (χ4v) is 4.75. The van der Waals surface area contributed by atoms with E-state index in [1.54, 1.807) is 13.8 Å². The highest BCUT2D eigenvalue weighted by molar-refractivity contribution is 8.09. The SMILES string of the molecule is CCCCCCCCC(CCCCCC)C[SH](OC(=O)CC)OC(=O)CC. The average Bonchev–Trinajstić information content (AvgIpc) is 2.67. The van der Waals surface area contributed by atoms with Gasteiger partial charge in [-0.25, -0.2) is 0 Å². The van der Waals surface area contributed by atoms with Crippen LogP contribution in [0.15, 0.2) is 0 Å². The van der Waals surface area contributed by atoms with E-state index in [-0.39, 0.29) is 11.9 Å². The minimum atomic E-state index is -1.44. The molecule has 0 fully saturated rings. The molecule has 0 aromatic heterocycles. The van der Waals surface area contributed by atoms with Crippen molar-refractivity contribution < 1.29 is 18.0 Å². The van der Waals surface area contributed by atoms with E-state index in [1.165, 1.54) is 64.2 Å². The van der Waals surface area contributed by atoms with Gasteiger partial charge in [-0.3, -0.25) is 9.59 Å². The Hall–Kier alpha value is -0.710. The second-order valence-corrected chi connectivity index (χ2v) is 8.82. The molecular formula is C22H44O4S. The summed E-state index contributed by atoms with van der Waals surface area (Å²) in [6.07, 6.45) is 15.6. The molecule has 0 heterocycles. The summed E-state index contributed by atoms with van der Waals surface area (Å²) in [6.45, 7) is 8.01. The first-order valence-corrected chi connectivity index (χ1v) is 12.6. The van der Waals surface area contributed by atoms with Crippen LogP contribution >= 0.6 is 11.5 Å². The summed E-state index contributed by atoms with van der Waals surface area (Å²) in [6, 6.07) is 0. The Morgan fingerprint density at radius 3 is 1.52 bits per heavy atom. The number of carbonyl (C=O) groups excluding carboxylic acids is 2. The van der Waals surface area contributed by atoms with Crippen LogP contribution in [0.25, 0.3) is 0 Å². The van der Waals surface area contributed by atoms with Crippen LogP contribution in [0, 0.1) is 5.92 Å². The van der Waals surface area contributed by atoms with E-state index in [0.29, 0.717) is 24.5 Å². The molecule has 0 aliphatic rings. The molecule has 1 unspecified atom stereocenters. The van der Waals surface area contributed by atoms with Gasteiger partial charge in [0.05, 0.1) is 5.75 Å². The minimum Gasteiger partial charge on any atom is -0.347 e. The number of carbonyl (C=O) groups is 2. The molecule has 0 aliphatic carbocycles. The quantitative estimate of drug-likeness (QED) is 0.196. The Balaban J connectivity index is 4.59. The molecule has 0 saturated heterocycles. The molecule has 0 aromatic carbocycles. The monoisotopic (exact) mass is 404 g/mol. The predicted octanol–water partition coefficient (Wildman–Crippen LogP) is 7.06. The van der Waals surface area contributed by atoms with Crippen LogP contribution < -0.4 is 0 Å². The lowest BCUT2D eigenvalue weighted by Gasteiger charge is -2.28. The zero-order valence-corrected chi connectivity index (χ0v) is 19.2. The predicted molar refractivity (Wildman–Crippen MR) is 117 cm³/mol. The standard InChI is InChI=1S/C22H44O4S/c1-5-9-11-13-14-16-18-20(17-15-12-10-6-2)19-27(25-21(23)7-3)26-22(24)8-4/h20,27H,5-19H2,1-4H3. The van der Waals surface area contributed by atoms with E-state index in [4.69, 9.17) is 8.37 Å². The molecule has 4 nitrogen and oxygen atoms in total. The third kappa shape index (κ3) is 16.0. The van der Waals surface area contributed by atoms with Gasteiger partial charge in [-0.05, 0) is 18.8 Å². The molecular weight excluding hydrogens is 360 g/mol. The van der Waals surface area contributed by atoms with Crippen LogP contribution in [-0.4, -0.2) is 17.7 Å². The first kappa shape index (κ1) is 26.3. The van der Waals surface area contributed by atoms with Crippen molar-refractivity contribution >= 4 is 23.4 Å². The van der Waals surface area contributed by atoms with E-state index in [0.717, 1.165) is 12.8 Å². The van der Waals surface area contributed by atoms with Crippen molar-refractivity contribution in [3.63, 3.8) is 0 Å². The van der Waals surface area contributed by atoms with Crippen LogP contribution in [0.2, 0.25) is 0 Å². The second kappa shape index (κ2) is 18.6. The van der Waals surface area contributed by atoms with Gasteiger partial charge >= 0.3 is 11.9 Å². The molecule has 27 heavy (non-hydrogen) atoms. The average molecular weight is 405 g/mol. The Labute approximate surface area is 170 Å². The van der Waals surface area contributed by atoms with Crippen molar-refractivity contribution in [3.8, 4) is 0 Å². The maximum atomic E-state index is 11.7. The van der Waals surface area contributed by atoms with E-state index in [9.17, 15) is 9.59 Å². The van der Waals surface area contributed by atoms with Crippen molar-refractivity contribution in [2.24, 2.45) is 5.92 Å². The van der Waals surface area contributed by atoms with Gasteiger partial charge in [0, 0.05) is 12.8 Å². The summed E-state index contributed by atoms with van der Waals surface area (Å²) in [5.74, 6) is 0.644. The molecule has 162 valence electrons. The van der Waals surface area contributed by atoms with Gasteiger partial charge in [0.2, 0.25) is 0 Å². The van der Waals surface area contributed by atoms with Crippen molar-refractivity contribution in [1.29, 1.82) is 0 Å². The van der Waals surface area contributed by atoms with Crippen molar-refractivity contribution in [2.75, 3.05) is 5.75 Å². The topological polar surface area (TPSA) is 52.6 Å². The number of hydrogen-bond acceptors (Lipinski definition) is 4. The third-order valence-corrected chi connectivity index (χ3v) is 6.45. The minimum absolute atomic E-state index is 0.269. The number of thiol groups is 1. The third-order valence-electron chi connectivity index (χ3n) is 4.82. The van der Waals surface area contributed by atoms with Crippen LogP contribution in [-0.2, 0) is 18.0 Å². The lowest BCUT2D eigenvalue weighted by Crippen LogP contribution is -2.15. The van der Waals surface area contributed by atoms with Crippen LogP contribution in [0.4, 0.5) is 0 Å². The summed E-state index contributed by atoms with van der Waals surface area (Å²) in [7, 11) is 0. The number of hydrogen-bond donors (Lipinski definition) is 1. The second-order valence-electron chi connectivity index (χ2n) is 7.42. The van der Waals surface area contributed by atoms with E-state index >= 15 is 0 Å². The normalized spacial score (nSPS) is 12.5. The molecule has 1 atom stereocenters. The van der Waals surface area contributed by atoms with Gasteiger partial charge in [-0.1, -0.05) is 91.9 Å². The van der Waals surface area contributed by atoms with Crippen molar-refractivity contribution in [1.82, 2.24) is 0 Å². The van der Waals surface area contributed by atoms with E-state index in [2.05, 4.69) is 13.8 Å². The number of rotatable bonds is 18. The number of unbranched alkanes of at least 4 members (excludes halogenated alkanes) is 8. The first-order valence-electron chi connectivity index (χ1n) is 11.3. The summed E-state index contributed by atoms with van der Waals surface area (Å²) >= 11 is -1.44. The maximum absolute atomic E-state index is 11.7. The fourth-order valence-electron chi connectivity index (χ4n) is 3.06. The smallest absolute Gasteiger partial charge is 0.328 e. The highest BCUT2D eigenvalue weighted by atomic mass is 32.2. The molecule has 0 bridgehead atoms. The lowest BCUT2D eigenvalue weighted by atomic mass is 9.96. The molecule has 0 radical (unpaired) electrons. The maximum Gasteiger partial charge on any atom is 0.328 e. The molecule has 0 saturated carbocycles. The van der Waals surface area contributed by atoms with Gasteiger partial charge in [-0.2, -0.15) is 0 Å². The Morgan fingerprint density at radius 1 is 0.667 bits per heavy atom. The van der Waals surface area contributed by atoms with Crippen molar-refractivity contribution in [3.05, 3.63) is 0 Å². The highest BCUT2D eigenvalue weighted by Gasteiger charge is 2.18. The summed E-state index contributed by atoms with van der Waals surface area (Å²) in [5.41, 5.74) is 0. The zero-order valence-electron chi connectivity index (χ0n) is 18.3. The molecule has 5 heteroatoms. The largest absolute Gasteiger partial charge is 0.347 e. The molecule has 0 aliphatic heterocycles. The highest BCUT2D eigenvalue weighted by Crippen LogP contribution is 2.35. The van der Waals surface area contributed by atoms with E-state index < -0.39 is 11.5 Å². The van der Waals surface area contributed by atoms with Crippen LogP contribution in [0.1, 0.15) is 118 Å². The van der Waals surface area contributed by atoms with Gasteiger partial charge in [0.15, 0.2) is 0 Å². The Bertz CT molecular complexity index is 355. The summed E-state index contributed by atoms with van der Waals surface area (Å²) in [4.78, 5) is 23.5. The molecule has 0 spiro atoms. The van der Waals surface area contributed by atoms with Gasteiger partial charge < -0.3 is 8.37 Å². The summed E-state index contributed by atoms with van der Waals surface area (Å²) < 4.78 is 10.9. The lowest BCUT2D eigenvalue weighted by molar-refractivity contribution is -0.136. The van der Waals surface area contributed by atoms with Crippen molar-refractivity contribution in [2.45, 2.75) is 118 Å².